The zero-order valence-corrected chi connectivity index (χ0v) is 10.00. The van der Waals surface area contributed by atoms with Crippen molar-refractivity contribution in [3.8, 4) is 0 Å². The Morgan fingerprint density at radius 2 is 1.53 bits per heavy atom. The van der Waals surface area contributed by atoms with Crippen LogP contribution in [-0.2, 0) is 9.47 Å². The second kappa shape index (κ2) is 6.46. The molecule has 0 unspecified atom stereocenters. The van der Waals surface area contributed by atoms with Gasteiger partial charge in [-0.3, -0.25) is 0 Å². The third-order valence-electron chi connectivity index (χ3n) is 3.24. The highest BCUT2D eigenvalue weighted by atomic mass is 16.5. The maximum atomic E-state index is 9.51. The average Bonchev–Trinajstić information content (AvgIpc) is 2.27. The van der Waals surface area contributed by atoms with E-state index in [2.05, 4.69) is 0 Å². The van der Waals surface area contributed by atoms with Gasteiger partial charge in [-0.2, -0.15) is 0 Å². The molecule has 0 atom stereocenters. The Morgan fingerprint density at radius 3 is 1.93 bits per heavy atom. The molecule has 1 saturated carbocycles. The normalized spacial score (nSPS) is 21.8. The Hall–Kier alpha value is -0.120. The molecular formula is C12H24O3. The van der Waals surface area contributed by atoms with Gasteiger partial charge in [0.2, 0.25) is 0 Å². The van der Waals surface area contributed by atoms with E-state index in [0.717, 1.165) is 52.1 Å². The van der Waals surface area contributed by atoms with Crippen LogP contribution in [0.15, 0.2) is 0 Å². The van der Waals surface area contributed by atoms with E-state index in [0.29, 0.717) is 0 Å². The van der Waals surface area contributed by atoms with Crippen molar-refractivity contribution < 1.29 is 14.6 Å². The Bertz CT molecular complexity index is 145. The van der Waals surface area contributed by atoms with E-state index in [1.54, 1.807) is 0 Å². The zero-order chi connectivity index (χ0) is 11.1. The number of hydrogen-bond donors (Lipinski definition) is 1. The lowest BCUT2D eigenvalue weighted by atomic mass is 9.74. The van der Waals surface area contributed by atoms with Gasteiger partial charge in [0, 0.05) is 18.6 Å². The Kier molecular flexibility index (Phi) is 5.58. The van der Waals surface area contributed by atoms with Crippen LogP contribution >= 0.6 is 0 Å². The third-order valence-corrected chi connectivity index (χ3v) is 3.24. The summed E-state index contributed by atoms with van der Waals surface area (Å²) in [6, 6.07) is 0. The first kappa shape index (κ1) is 12.9. The summed E-state index contributed by atoms with van der Waals surface area (Å²) in [4.78, 5) is 0. The van der Waals surface area contributed by atoms with Crippen molar-refractivity contribution in [2.24, 2.45) is 5.41 Å². The molecule has 0 radical (unpaired) electrons. The van der Waals surface area contributed by atoms with Gasteiger partial charge >= 0.3 is 0 Å². The van der Waals surface area contributed by atoms with Gasteiger partial charge in [0.05, 0.1) is 19.3 Å². The lowest BCUT2D eigenvalue weighted by Crippen LogP contribution is -2.38. The maximum absolute atomic E-state index is 9.51. The van der Waals surface area contributed by atoms with Gasteiger partial charge < -0.3 is 14.6 Å². The molecule has 0 aliphatic heterocycles. The molecule has 0 saturated heterocycles. The number of hydrogen-bond acceptors (Lipinski definition) is 3. The largest absolute Gasteiger partial charge is 0.393 e. The molecule has 0 aromatic carbocycles. The van der Waals surface area contributed by atoms with Gasteiger partial charge in [0.25, 0.3) is 0 Å². The first-order valence-corrected chi connectivity index (χ1v) is 6.06. The van der Waals surface area contributed by atoms with E-state index < -0.39 is 0 Å². The predicted octanol–water partition coefficient (Wildman–Crippen LogP) is 1.98. The smallest absolute Gasteiger partial charge is 0.0544 e. The fourth-order valence-corrected chi connectivity index (χ4v) is 2.18. The highest BCUT2D eigenvalue weighted by Crippen LogP contribution is 2.37. The molecule has 1 fully saturated rings. The van der Waals surface area contributed by atoms with E-state index in [1.807, 2.05) is 13.8 Å². The van der Waals surface area contributed by atoms with Crippen LogP contribution in [0, 0.1) is 5.41 Å². The van der Waals surface area contributed by atoms with E-state index in [1.165, 1.54) is 0 Å². The van der Waals surface area contributed by atoms with Crippen molar-refractivity contribution in [3.63, 3.8) is 0 Å². The summed E-state index contributed by atoms with van der Waals surface area (Å²) in [6.45, 7) is 7.11. The van der Waals surface area contributed by atoms with Crippen molar-refractivity contribution in [1.82, 2.24) is 0 Å². The molecule has 90 valence electrons. The van der Waals surface area contributed by atoms with Crippen LogP contribution in [0.2, 0.25) is 0 Å². The molecule has 0 spiro atoms. The van der Waals surface area contributed by atoms with E-state index in [-0.39, 0.29) is 11.5 Å². The van der Waals surface area contributed by atoms with Gasteiger partial charge in [-0.1, -0.05) is 0 Å². The summed E-state index contributed by atoms with van der Waals surface area (Å²) in [5, 5.41) is 9.51. The molecule has 1 aliphatic carbocycles. The van der Waals surface area contributed by atoms with Gasteiger partial charge in [0.1, 0.15) is 0 Å². The molecule has 0 aromatic heterocycles. The van der Waals surface area contributed by atoms with Crippen LogP contribution in [0.1, 0.15) is 39.5 Å². The zero-order valence-electron chi connectivity index (χ0n) is 10.00. The van der Waals surface area contributed by atoms with Crippen molar-refractivity contribution in [2.45, 2.75) is 45.6 Å². The first-order chi connectivity index (χ1) is 7.22. The van der Waals surface area contributed by atoms with Crippen molar-refractivity contribution in [2.75, 3.05) is 26.4 Å². The SMILES string of the molecule is CCOCC1(COCC)CCC(O)CC1. The van der Waals surface area contributed by atoms with Crippen LogP contribution in [0.4, 0.5) is 0 Å². The Labute approximate surface area is 92.8 Å². The topological polar surface area (TPSA) is 38.7 Å². The summed E-state index contributed by atoms with van der Waals surface area (Å²) in [7, 11) is 0. The highest BCUT2D eigenvalue weighted by molar-refractivity contribution is 4.85. The van der Waals surface area contributed by atoms with Crippen LogP contribution in [-0.4, -0.2) is 37.6 Å². The minimum absolute atomic E-state index is 0.110. The molecule has 0 bridgehead atoms. The standard InChI is InChI=1S/C12H24O3/c1-3-14-9-12(10-15-4-2)7-5-11(13)6-8-12/h11,13H,3-10H2,1-2H3. The van der Waals surface area contributed by atoms with Crippen LogP contribution < -0.4 is 0 Å². The molecule has 3 heteroatoms. The third kappa shape index (κ3) is 4.09. The second-order valence-electron chi connectivity index (χ2n) is 4.51. The maximum Gasteiger partial charge on any atom is 0.0544 e. The minimum Gasteiger partial charge on any atom is -0.393 e. The Morgan fingerprint density at radius 1 is 1.07 bits per heavy atom. The quantitative estimate of drug-likeness (QED) is 0.738. The highest BCUT2D eigenvalue weighted by Gasteiger charge is 2.35. The van der Waals surface area contributed by atoms with Gasteiger partial charge in [-0.15, -0.1) is 0 Å². The predicted molar refractivity (Wildman–Crippen MR) is 59.9 cm³/mol. The molecule has 0 amide bonds. The molecule has 1 aliphatic rings. The number of aliphatic hydroxyl groups is 1. The average molecular weight is 216 g/mol. The van der Waals surface area contributed by atoms with Crippen LogP contribution in [0.25, 0.3) is 0 Å². The van der Waals surface area contributed by atoms with Crippen molar-refractivity contribution >= 4 is 0 Å². The minimum atomic E-state index is -0.110. The number of ether oxygens (including phenoxy) is 2. The fraction of sp³-hybridized carbons (Fsp3) is 1.00. The first-order valence-electron chi connectivity index (χ1n) is 6.06. The fourth-order valence-electron chi connectivity index (χ4n) is 2.18. The van der Waals surface area contributed by atoms with E-state index in [9.17, 15) is 5.11 Å². The molecule has 1 N–H and O–H groups in total. The summed E-state index contributed by atoms with van der Waals surface area (Å²) in [5.74, 6) is 0. The number of rotatable bonds is 6. The van der Waals surface area contributed by atoms with E-state index in [4.69, 9.17) is 9.47 Å². The summed E-state index contributed by atoms with van der Waals surface area (Å²) in [6.07, 6.45) is 3.71. The molecule has 1 rings (SSSR count). The van der Waals surface area contributed by atoms with Crippen molar-refractivity contribution in [3.05, 3.63) is 0 Å². The molecule has 3 nitrogen and oxygen atoms in total. The van der Waals surface area contributed by atoms with Gasteiger partial charge in [0.15, 0.2) is 0 Å². The Balaban J connectivity index is 2.44. The summed E-state index contributed by atoms with van der Waals surface area (Å²) < 4.78 is 11.1. The summed E-state index contributed by atoms with van der Waals surface area (Å²) >= 11 is 0. The van der Waals surface area contributed by atoms with Crippen LogP contribution in [0.5, 0.6) is 0 Å². The monoisotopic (exact) mass is 216 g/mol. The van der Waals surface area contributed by atoms with Gasteiger partial charge in [-0.25, -0.2) is 0 Å². The lowest BCUT2D eigenvalue weighted by molar-refractivity contribution is -0.0559. The molecule has 0 heterocycles. The van der Waals surface area contributed by atoms with Crippen LogP contribution in [0.3, 0.4) is 0 Å². The summed E-state index contributed by atoms with van der Waals surface area (Å²) in [5.41, 5.74) is 0.158. The van der Waals surface area contributed by atoms with Gasteiger partial charge in [-0.05, 0) is 39.5 Å². The number of aliphatic hydroxyl groups excluding tert-OH is 1. The molecular weight excluding hydrogens is 192 g/mol. The second-order valence-corrected chi connectivity index (χ2v) is 4.51. The van der Waals surface area contributed by atoms with E-state index >= 15 is 0 Å². The lowest BCUT2D eigenvalue weighted by Gasteiger charge is -2.38. The molecule has 15 heavy (non-hydrogen) atoms. The van der Waals surface area contributed by atoms with Crippen molar-refractivity contribution in [1.29, 1.82) is 0 Å². The molecule has 0 aromatic rings.